The molecule has 1 heterocycles. The lowest BCUT2D eigenvalue weighted by Crippen LogP contribution is -2.02. The molecule has 132 valence electrons. The number of carboxylic acid groups (broad SMARTS) is 1. The minimum Gasteiger partial charge on any atom is -0.478 e. The van der Waals surface area contributed by atoms with Crippen molar-refractivity contribution in [3.8, 4) is 0 Å². The van der Waals surface area contributed by atoms with Gasteiger partial charge in [0.15, 0.2) is 0 Å². The molecule has 0 unspecified atom stereocenters. The van der Waals surface area contributed by atoms with Crippen molar-refractivity contribution in [2.45, 2.75) is 13.8 Å². The second-order valence-corrected chi connectivity index (χ2v) is 6.24. The third kappa shape index (κ3) is 4.10. The Hall–Kier alpha value is -3.12. The van der Waals surface area contributed by atoms with Crippen molar-refractivity contribution in [1.29, 1.82) is 0 Å². The molecule has 3 rings (SSSR count). The van der Waals surface area contributed by atoms with E-state index in [1.165, 1.54) is 12.1 Å². The quantitative estimate of drug-likeness (QED) is 0.591. The van der Waals surface area contributed by atoms with Gasteiger partial charge >= 0.3 is 5.97 Å². The Balaban J connectivity index is 1.79. The lowest BCUT2D eigenvalue weighted by molar-refractivity contribution is 0.0697. The fourth-order valence-electron chi connectivity index (χ4n) is 2.52. The lowest BCUT2D eigenvalue weighted by atomic mass is 10.1. The van der Waals surface area contributed by atoms with Crippen molar-refractivity contribution in [2.75, 3.05) is 10.6 Å². The van der Waals surface area contributed by atoms with Gasteiger partial charge in [-0.15, -0.1) is 0 Å². The standard InChI is InChI=1S/C19H17ClN4O2/c1-11-9-12(2)17(15(20)10-11)24-19-21-8-7-16(23-19)22-14-5-3-13(4-6-14)18(25)26/h3-10H,1-2H3,(H,25,26)(H2,21,22,23,24). The summed E-state index contributed by atoms with van der Waals surface area (Å²) in [5.74, 6) is 0.0212. The number of carboxylic acids is 1. The number of hydrogen-bond acceptors (Lipinski definition) is 5. The number of anilines is 4. The van der Waals surface area contributed by atoms with Crippen LogP contribution < -0.4 is 10.6 Å². The summed E-state index contributed by atoms with van der Waals surface area (Å²) in [6, 6.07) is 12.0. The number of rotatable bonds is 5. The van der Waals surface area contributed by atoms with Gasteiger partial charge < -0.3 is 15.7 Å². The molecule has 26 heavy (non-hydrogen) atoms. The minimum absolute atomic E-state index is 0.227. The molecular weight excluding hydrogens is 352 g/mol. The first-order chi connectivity index (χ1) is 12.4. The molecule has 0 aliphatic rings. The molecule has 0 saturated heterocycles. The Kier molecular flexibility index (Phi) is 5.04. The molecule has 2 aromatic carbocycles. The van der Waals surface area contributed by atoms with Crippen LogP contribution in [0.15, 0.2) is 48.7 Å². The Morgan fingerprint density at radius 1 is 1.08 bits per heavy atom. The number of aryl methyl sites for hydroxylation is 2. The topological polar surface area (TPSA) is 87.1 Å². The molecular formula is C19H17ClN4O2. The Labute approximate surface area is 155 Å². The van der Waals surface area contributed by atoms with Crippen LogP contribution in [-0.4, -0.2) is 21.0 Å². The predicted molar refractivity (Wildman–Crippen MR) is 103 cm³/mol. The third-order valence-electron chi connectivity index (χ3n) is 3.73. The van der Waals surface area contributed by atoms with Crippen LogP contribution in [0.5, 0.6) is 0 Å². The second-order valence-electron chi connectivity index (χ2n) is 5.84. The molecule has 0 aliphatic carbocycles. The Morgan fingerprint density at radius 3 is 2.46 bits per heavy atom. The molecule has 6 nitrogen and oxygen atoms in total. The number of aromatic carboxylic acids is 1. The van der Waals surface area contributed by atoms with Crippen LogP contribution >= 0.6 is 11.6 Å². The van der Waals surface area contributed by atoms with Crippen LogP contribution in [0.2, 0.25) is 5.02 Å². The van der Waals surface area contributed by atoms with Crippen LogP contribution in [0.25, 0.3) is 0 Å². The molecule has 0 amide bonds. The minimum atomic E-state index is -0.963. The molecule has 0 bridgehead atoms. The fourth-order valence-corrected chi connectivity index (χ4v) is 2.89. The molecule has 0 aliphatic heterocycles. The maximum atomic E-state index is 10.9. The van der Waals surface area contributed by atoms with Crippen molar-refractivity contribution in [2.24, 2.45) is 0 Å². The van der Waals surface area contributed by atoms with E-state index in [1.54, 1.807) is 24.4 Å². The van der Waals surface area contributed by atoms with Crippen LogP contribution in [-0.2, 0) is 0 Å². The van der Waals surface area contributed by atoms with Gasteiger partial charge in [-0.3, -0.25) is 0 Å². The third-order valence-corrected chi connectivity index (χ3v) is 4.03. The van der Waals surface area contributed by atoms with Crippen LogP contribution in [0.4, 0.5) is 23.1 Å². The predicted octanol–water partition coefficient (Wildman–Crippen LogP) is 4.93. The highest BCUT2D eigenvalue weighted by Gasteiger charge is 2.08. The van der Waals surface area contributed by atoms with Crippen LogP contribution in [0.3, 0.4) is 0 Å². The number of nitrogens with one attached hydrogen (secondary N) is 2. The molecule has 0 atom stereocenters. The van der Waals surface area contributed by atoms with Crippen molar-refractivity contribution in [1.82, 2.24) is 9.97 Å². The van der Waals surface area contributed by atoms with Gasteiger partial charge in [-0.05, 0) is 61.4 Å². The van der Waals surface area contributed by atoms with E-state index in [4.69, 9.17) is 16.7 Å². The Morgan fingerprint density at radius 2 is 1.81 bits per heavy atom. The summed E-state index contributed by atoms with van der Waals surface area (Å²) in [6.07, 6.45) is 1.63. The number of aromatic nitrogens is 2. The Bertz CT molecular complexity index is 935. The molecule has 0 fully saturated rings. The average molecular weight is 369 g/mol. The van der Waals surface area contributed by atoms with E-state index in [0.29, 0.717) is 16.8 Å². The van der Waals surface area contributed by atoms with E-state index in [2.05, 4.69) is 20.6 Å². The molecule has 0 radical (unpaired) electrons. The zero-order chi connectivity index (χ0) is 18.7. The van der Waals surface area contributed by atoms with Gasteiger partial charge in [0.05, 0.1) is 16.3 Å². The molecule has 3 aromatic rings. The monoisotopic (exact) mass is 368 g/mol. The van der Waals surface area contributed by atoms with Gasteiger partial charge in [0.1, 0.15) is 5.82 Å². The summed E-state index contributed by atoms with van der Waals surface area (Å²) in [6.45, 7) is 3.95. The molecule has 3 N–H and O–H groups in total. The average Bonchev–Trinajstić information content (AvgIpc) is 2.59. The molecule has 0 spiro atoms. The van der Waals surface area contributed by atoms with Crippen molar-refractivity contribution in [3.05, 3.63) is 70.4 Å². The van der Waals surface area contributed by atoms with Gasteiger partial charge in [0.25, 0.3) is 0 Å². The van der Waals surface area contributed by atoms with Crippen molar-refractivity contribution < 1.29 is 9.90 Å². The van der Waals surface area contributed by atoms with Crippen molar-refractivity contribution >= 4 is 40.7 Å². The smallest absolute Gasteiger partial charge is 0.335 e. The summed E-state index contributed by atoms with van der Waals surface area (Å²) >= 11 is 6.31. The summed E-state index contributed by atoms with van der Waals surface area (Å²) in [5, 5.41) is 15.8. The van der Waals surface area contributed by atoms with E-state index in [9.17, 15) is 4.79 Å². The van der Waals surface area contributed by atoms with Crippen LogP contribution in [0.1, 0.15) is 21.5 Å². The maximum Gasteiger partial charge on any atom is 0.335 e. The highest BCUT2D eigenvalue weighted by atomic mass is 35.5. The number of nitrogens with zero attached hydrogens (tertiary/aromatic N) is 2. The van der Waals surface area contributed by atoms with Crippen molar-refractivity contribution in [3.63, 3.8) is 0 Å². The number of hydrogen-bond donors (Lipinski definition) is 3. The zero-order valence-electron chi connectivity index (χ0n) is 14.2. The molecule has 7 heteroatoms. The number of halogens is 1. The largest absolute Gasteiger partial charge is 0.478 e. The summed E-state index contributed by atoms with van der Waals surface area (Å²) < 4.78 is 0. The normalized spacial score (nSPS) is 10.4. The summed E-state index contributed by atoms with van der Waals surface area (Å²) in [5.41, 5.74) is 3.80. The van der Waals surface area contributed by atoms with E-state index in [1.807, 2.05) is 26.0 Å². The highest BCUT2D eigenvalue weighted by Crippen LogP contribution is 2.29. The lowest BCUT2D eigenvalue weighted by Gasteiger charge is -2.12. The van der Waals surface area contributed by atoms with E-state index in [-0.39, 0.29) is 5.56 Å². The molecule has 0 saturated carbocycles. The van der Waals surface area contributed by atoms with Gasteiger partial charge in [-0.1, -0.05) is 17.7 Å². The number of benzene rings is 2. The summed E-state index contributed by atoms with van der Waals surface area (Å²) in [7, 11) is 0. The first kappa shape index (κ1) is 17.7. The fraction of sp³-hybridized carbons (Fsp3) is 0.105. The van der Waals surface area contributed by atoms with E-state index >= 15 is 0 Å². The second kappa shape index (κ2) is 7.41. The van der Waals surface area contributed by atoms with E-state index < -0.39 is 5.97 Å². The van der Waals surface area contributed by atoms with Gasteiger partial charge in [0, 0.05) is 11.9 Å². The first-order valence-electron chi connectivity index (χ1n) is 7.89. The van der Waals surface area contributed by atoms with Gasteiger partial charge in [-0.25, -0.2) is 9.78 Å². The summed E-state index contributed by atoms with van der Waals surface area (Å²) in [4.78, 5) is 19.5. The van der Waals surface area contributed by atoms with Crippen LogP contribution in [0, 0.1) is 13.8 Å². The first-order valence-corrected chi connectivity index (χ1v) is 8.27. The van der Waals surface area contributed by atoms with E-state index in [0.717, 1.165) is 22.5 Å². The SMILES string of the molecule is Cc1cc(C)c(Nc2nccc(Nc3ccc(C(=O)O)cc3)n2)c(Cl)c1. The highest BCUT2D eigenvalue weighted by molar-refractivity contribution is 6.33. The number of carbonyl (C=O) groups is 1. The zero-order valence-corrected chi connectivity index (χ0v) is 15.0. The van der Waals surface area contributed by atoms with Gasteiger partial charge in [0.2, 0.25) is 5.95 Å². The molecule has 1 aromatic heterocycles. The maximum absolute atomic E-state index is 10.9. The van der Waals surface area contributed by atoms with Gasteiger partial charge in [-0.2, -0.15) is 4.98 Å².